The van der Waals surface area contributed by atoms with Crippen LogP contribution in [0.1, 0.15) is 0 Å². The summed E-state index contributed by atoms with van der Waals surface area (Å²) in [4.78, 5) is 33.0. The fourth-order valence-electron chi connectivity index (χ4n) is 0.391. The van der Waals surface area contributed by atoms with Crippen LogP contribution in [0.3, 0.4) is 0 Å². The molecular weight excluding hydrogens is 190 g/mol. The quantitative estimate of drug-likeness (QED) is 0.330. The molecule has 0 aliphatic rings. The van der Waals surface area contributed by atoms with E-state index in [2.05, 4.69) is 4.84 Å². The number of hydrogen-bond donors (Lipinski definition) is 3. The SMILES string of the molecule is O=C(O)C(O)C(O)C(=O)O[N+](=O)[O-]. The van der Waals surface area contributed by atoms with E-state index < -0.39 is 29.2 Å². The molecule has 0 rings (SSSR count). The molecule has 9 heteroatoms. The van der Waals surface area contributed by atoms with Crippen molar-refractivity contribution in [2.24, 2.45) is 0 Å². The van der Waals surface area contributed by atoms with Gasteiger partial charge in [-0.25, -0.2) is 9.63 Å². The number of carbonyl (C=O) groups is 2. The molecule has 0 aromatic carbocycles. The molecule has 2 unspecified atom stereocenters. The lowest BCUT2D eigenvalue weighted by Crippen LogP contribution is -2.41. The Balaban J connectivity index is 4.25. The standard InChI is InChI=1S/C4H5NO8/c6-1(3(8)9)2(7)4(10)13-5(11)12/h1-2,6-7H,(H,8,9). The van der Waals surface area contributed by atoms with Gasteiger partial charge in [0.2, 0.25) is 0 Å². The third-order valence-electron chi connectivity index (χ3n) is 0.958. The van der Waals surface area contributed by atoms with Crippen molar-refractivity contribution in [3.05, 3.63) is 10.1 Å². The van der Waals surface area contributed by atoms with Gasteiger partial charge in [0.05, 0.1) is 0 Å². The summed E-state index contributed by atoms with van der Waals surface area (Å²) in [5.41, 5.74) is 0. The van der Waals surface area contributed by atoms with Crippen molar-refractivity contribution in [3.63, 3.8) is 0 Å². The molecule has 9 nitrogen and oxygen atoms in total. The van der Waals surface area contributed by atoms with Gasteiger partial charge in [-0.3, -0.25) is 4.79 Å². The van der Waals surface area contributed by atoms with E-state index in [0.717, 1.165) is 0 Å². The van der Waals surface area contributed by atoms with Crippen molar-refractivity contribution < 1.29 is 34.8 Å². The van der Waals surface area contributed by atoms with Crippen LogP contribution in [0.25, 0.3) is 0 Å². The molecule has 0 bridgehead atoms. The minimum Gasteiger partial charge on any atom is -0.479 e. The maximum absolute atomic E-state index is 10.4. The molecule has 0 aromatic heterocycles. The molecule has 3 N–H and O–H groups in total. The Morgan fingerprint density at radius 2 is 1.77 bits per heavy atom. The maximum atomic E-state index is 10.4. The van der Waals surface area contributed by atoms with Crippen molar-refractivity contribution in [1.29, 1.82) is 0 Å². The second kappa shape index (κ2) is 4.33. The first-order valence-corrected chi connectivity index (χ1v) is 2.81. The van der Waals surface area contributed by atoms with Crippen LogP contribution in [-0.4, -0.2) is 44.6 Å². The average Bonchev–Trinajstić information content (AvgIpc) is 2.00. The molecule has 0 aliphatic carbocycles. The van der Waals surface area contributed by atoms with Crippen LogP contribution in [-0.2, 0) is 14.4 Å². The largest absolute Gasteiger partial charge is 0.479 e. The lowest BCUT2D eigenvalue weighted by molar-refractivity contribution is -0.730. The van der Waals surface area contributed by atoms with Crippen molar-refractivity contribution in [3.8, 4) is 0 Å². The maximum Gasteiger partial charge on any atom is 0.335 e. The van der Waals surface area contributed by atoms with Crippen LogP contribution < -0.4 is 0 Å². The summed E-state index contributed by atoms with van der Waals surface area (Å²) >= 11 is 0. The molecule has 0 aromatic rings. The van der Waals surface area contributed by atoms with Crippen molar-refractivity contribution in [1.82, 2.24) is 0 Å². The van der Waals surface area contributed by atoms with E-state index in [1.54, 1.807) is 0 Å². The topological polar surface area (TPSA) is 147 Å². The highest BCUT2D eigenvalue weighted by Gasteiger charge is 2.32. The van der Waals surface area contributed by atoms with Gasteiger partial charge in [-0.1, -0.05) is 0 Å². The Morgan fingerprint density at radius 3 is 2.08 bits per heavy atom. The highest BCUT2D eigenvalue weighted by atomic mass is 17.0. The summed E-state index contributed by atoms with van der Waals surface area (Å²) in [6.07, 6.45) is -4.93. The predicted octanol–water partition coefficient (Wildman–Crippen LogP) is -2.47. The zero-order valence-corrected chi connectivity index (χ0v) is 5.98. The molecule has 0 aliphatic heterocycles. The van der Waals surface area contributed by atoms with Crippen molar-refractivity contribution >= 4 is 11.9 Å². The minimum absolute atomic E-state index is 1.53. The molecule has 0 saturated heterocycles. The lowest BCUT2D eigenvalue weighted by atomic mass is 10.2. The molecule has 0 fully saturated rings. The van der Waals surface area contributed by atoms with Gasteiger partial charge in [0.15, 0.2) is 12.2 Å². The van der Waals surface area contributed by atoms with Crippen LogP contribution in [0.15, 0.2) is 0 Å². The molecule has 13 heavy (non-hydrogen) atoms. The van der Waals surface area contributed by atoms with Gasteiger partial charge in [0, 0.05) is 0 Å². The van der Waals surface area contributed by atoms with Gasteiger partial charge in [-0.2, -0.15) is 0 Å². The number of aliphatic hydroxyl groups excluding tert-OH is 2. The number of aliphatic carboxylic acids is 1. The van der Waals surface area contributed by atoms with E-state index in [1.165, 1.54) is 0 Å². The van der Waals surface area contributed by atoms with Crippen molar-refractivity contribution in [2.45, 2.75) is 12.2 Å². The third-order valence-corrected chi connectivity index (χ3v) is 0.958. The Bertz CT molecular complexity index is 236. The summed E-state index contributed by atoms with van der Waals surface area (Å²) in [7, 11) is 0. The second-order valence-electron chi connectivity index (χ2n) is 1.86. The zero-order chi connectivity index (χ0) is 10.6. The molecule has 74 valence electrons. The van der Waals surface area contributed by atoms with E-state index in [0.29, 0.717) is 0 Å². The fourth-order valence-corrected chi connectivity index (χ4v) is 0.391. The molecule has 0 radical (unpaired) electrons. The number of carbonyl (C=O) groups excluding carboxylic acids is 1. The molecule has 2 atom stereocenters. The van der Waals surface area contributed by atoms with Gasteiger partial charge in [0.25, 0.3) is 0 Å². The van der Waals surface area contributed by atoms with Gasteiger partial charge in [0.1, 0.15) is 0 Å². The minimum atomic E-state index is -2.48. The van der Waals surface area contributed by atoms with E-state index >= 15 is 0 Å². The van der Waals surface area contributed by atoms with Crippen LogP contribution in [0, 0.1) is 10.1 Å². The molecular formula is C4H5NO8. The molecule has 0 saturated carbocycles. The third kappa shape index (κ3) is 3.44. The summed E-state index contributed by atoms with van der Waals surface area (Å²) in [6, 6.07) is 0. The van der Waals surface area contributed by atoms with Crippen molar-refractivity contribution in [2.75, 3.05) is 0 Å². The number of aliphatic hydroxyl groups is 2. The lowest BCUT2D eigenvalue weighted by Gasteiger charge is -2.09. The Morgan fingerprint density at radius 1 is 1.31 bits per heavy atom. The van der Waals surface area contributed by atoms with E-state index in [9.17, 15) is 19.7 Å². The number of hydrogen-bond acceptors (Lipinski definition) is 7. The first kappa shape index (κ1) is 11.3. The zero-order valence-electron chi connectivity index (χ0n) is 5.98. The summed E-state index contributed by atoms with van der Waals surface area (Å²) in [6.45, 7) is 0. The number of rotatable bonds is 4. The molecule has 0 spiro atoms. The van der Waals surface area contributed by atoms with Crippen LogP contribution in [0.2, 0.25) is 0 Å². The highest BCUT2D eigenvalue weighted by molar-refractivity contribution is 5.83. The van der Waals surface area contributed by atoms with Crippen LogP contribution in [0.5, 0.6) is 0 Å². The summed E-state index contributed by atoms with van der Waals surface area (Å²) in [5.74, 6) is -3.74. The van der Waals surface area contributed by atoms with Crippen LogP contribution in [0.4, 0.5) is 0 Å². The molecule has 0 heterocycles. The average molecular weight is 195 g/mol. The normalized spacial score (nSPS) is 14.3. The first-order chi connectivity index (χ1) is 5.86. The van der Waals surface area contributed by atoms with E-state index in [4.69, 9.17) is 15.3 Å². The predicted molar refractivity (Wildman–Crippen MR) is 32.7 cm³/mol. The van der Waals surface area contributed by atoms with Gasteiger partial charge in [-0.05, 0) is 0 Å². The Hall–Kier alpha value is -1.74. The van der Waals surface area contributed by atoms with E-state index in [-0.39, 0.29) is 0 Å². The molecule has 0 amide bonds. The number of carboxylic acid groups (broad SMARTS) is 1. The highest BCUT2D eigenvalue weighted by Crippen LogP contribution is 1.96. The number of nitrogens with zero attached hydrogens (tertiary/aromatic N) is 1. The monoisotopic (exact) mass is 195 g/mol. The second-order valence-corrected chi connectivity index (χ2v) is 1.86. The van der Waals surface area contributed by atoms with E-state index in [1.807, 2.05) is 0 Å². The Labute approximate surface area is 70.3 Å². The first-order valence-electron chi connectivity index (χ1n) is 2.81. The van der Waals surface area contributed by atoms with Crippen LogP contribution >= 0.6 is 0 Å². The smallest absolute Gasteiger partial charge is 0.335 e. The number of carboxylic acids is 1. The van der Waals surface area contributed by atoms with Gasteiger partial charge < -0.3 is 15.3 Å². The van der Waals surface area contributed by atoms with Gasteiger partial charge in [-0.15, -0.1) is 10.1 Å². The summed E-state index contributed by atoms with van der Waals surface area (Å²) in [5, 5.41) is 33.2. The van der Waals surface area contributed by atoms with Gasteiger partial charge >= 0.3 is 17.0 Å². The Kier molecular flexibility index (Phi) is 3.75. The summed E-state index contributed by atoms with van der Waals surface area (Å²) < 4.78 is 0. The fraction of sp³-hybridized carbons (Fsp3) is 0.500.